The molecule has 0 bridgehead atoms. The predicted molar refractivity (Wildman–Crippen MR) is 61.6 cm³/mol. The van der Waals surface area contributed by atoms with E-state index in [1.807, 2.05) is 0 Å². The molecule has 0 aliphatic heterocycles. The fourth-order valence-corrected chi connectivity index (χ4v) is 1.26. The molecule has 1 aromatic carbocycles. The lowest BCUT2D eigenvalue weighted by atomic mass is 10.1. The fourth-order valence-electron chi connectivity index (χ4n) is 1.26. The molecule has 1 aromatic rings. The van der Waals surface area contributed by atoms with Gasteiger partial charge >= 0.3 is 0 Å². The Morgan fingerprint density at radius 1 is 1.44 bits per heavy atom. The molecule has 0 saturated carbocycles. The Balaban J connectivity index is 2.74. The Kier molecular flexibility index (Phi) is 4.60. The van der Waals surface area contributed by atoms with Crippen molar-refractivity contribution in [2.24, 2.45) is 0 Å². The fraction of sp³-hybridized carbons (Fsp3) is 0.364. The van der Waals surface area contributed by atoms with Gasteiger partial charge in [-0.2, -0.15) is 0 Å². The zero-order valence-corrected chi connectivity index (χ0v) is 9.45. The maximum absolute atomic E-state index is 11.7. The van der Waals surface area contributed by atoms with Crippen LogP contribution in [0.2, 0.25) is 0 Å². The van der Waals surface area contributed by atoms with Crippen LogP contribution in [-0.4, -0.2) is 33.3 Å². The first kappa shape index (κ1) is 12.3. The number of amides is 1. The number of hydrogen-bond acceptors (Lipinski definition) is 4. The normalized spacial score (nSPS) is 9.88. The number of nitrogens with one attached hydrogen (secondary N) is 1. The number of nitrogen functional groups attached to an aromatic ring is 1. The molecular weight excluding hydrogens is 208 g/mol. The summed E-state index contributed by atoms with van der Waals surface area (Å²) in [6, 6.07) is 4.91. The Morgan fingerprint density at radius 2 is 2.19 bits per heavy atom. The maximum atomic E-state index is 11.7. The maximum Gasteiger partial charge on any atom is 0.255 e. The molecule has 0 heterocycles. The molecule has 0 radical (unpaired) electrons. The molecule has 0 spiro atoms. The zero-order valence-electron chi connectivity index (χ0n) is 9.45. The van der Waals surface area contributed by atoms with E-state index in [2.05, 4.69) is 5.32 Å². The van der Waals surface area contributed by atoms with Gasteiger partial charge in [-0.25, -0.2) is 0 Å². The standard InChI is InChI=1S/C11H16N2O3/c1-15-6-5-13-11(14)9-4-3-8(12)7-10(9)16-2/h3-4,7H,5-6,12H2,1-2H3,(H,13,14). The lowest BCUT2D eigenvalue weighted by molar-refractivity contribution is 0.0934. The Morgan fingerprint density at radius 3 is 2.81 bits per heavy atom. The van der Waals surface area contributed by atoms with Crippen LogP contribution in [0.4, 0.5) is 5.69 Å². The minimum atomic E-state index is -0.200. The summed E-state index contributed by atoms with van der Waals surface area (Å²) >= 11 is 0. The van der Waals surface area contributed by atoms with Gasteiger partial charge in [0.1, 0.15) is 5.75 Å². The highest BCUT2D eigenvalue weighted by molar-refractivity contribution is 5.97. The van der Waals surface area contributed by atoms with Gasteiger partial charge in [-0.3, -0.25) is 4.79 Å². The Bertz CT molecular complexity index is 366. The van der Waals surface area contributed by atoms with Crippen molar-refractivity contribution in [3.8, 4) is 5.75 Å². The van der Waals surface area contributed by atoms with Gasteiger partial charge in [-0.05, 0) is 12.1 Å². The molecule has 3 N–H and O–H groups in total. The van der Waals surface area contributed by atoms with E-state index in [0.29, 0.717) is 30.2 Å². The van der Waals surface area contributed by atoms with Crippen molar-refractivity contribution in [1.29, 1.82) is 0 Å². The molecule has 0 atom stereocenters. The smallest absolute Gasteiger partial charge is 0.255 e. The number of rotatable bonds is 5. The molecule has 1 rings (SSSR count). The zero-order chi connectivity index (χ0) is 12.0. The summed E-state index contributed by atoms with van der Waals surface area (Å²) in [6.45, 7) is 0.936. The first-order valence-electron chi connectivity index (χ1n) is 4.89. The third-order valence-corrected chi connectivity index (χ3v) is 2.06. The van der Waals surface area contributed by atoms with E-state index < -0.39 is 0 Å². The molecule has 0 aromatic heterocycles. The van der Waals surface area contributed by atoms with Gasteiger partial charge in [-0.1, -0.05) is 0 Å². The van der Waals surface area contributed by atoms with E-state index >= 15 is 0 Å². The van der Waals surface area contributed by atoms with E-state index in [9.17, 15) is 4.79 Å². The Labute approximate surface area is 94.5 Å². The second-order valence-electron chi connectivity index (χ2n) is 3.21. The van der Waals surface area contributed by atoms with Crippen molar-refractivity contribution in [3.05, 3.63) is 23.8 Å². The molecule has 88 valence electrons. The number of nitrogens with two attached hydrogens (primary N) is 1. The quantitative estimate of drug-likeness (QED) is 0.569. The second kappa shape index (κ2) is 5.97. The molecular formula is C11H16N2O3. The minimum Gasteiger partial charge on any atom is -0.496 e. The van der Waals surface area contributed by atoms with Crippen molar-refractivity contribution < 1.29 is 14.3 Å². The van der Waals surface area contributed by atoms with Crippen LogP contribution >= 0.6 is 0 Å². The van der Waals surface area contributed by atoms with E-state index in [0.717, 1.165) is 0 Å². The number of anilines is 1. The number of benzene rings is 1. The number of methoxy groups -OCH3 is 2. The number of carbonyl (C=O) groups is 1. The summed E-state index contributed by atoms with van der Waals surface area (Å²) in [5.41, 5.74) is 6.62. The summed E-state index contributed by atoms with van der Waals surface area (Å²) in [7, 11) is 3.08. The number of hydrogen-bond donors (Lipinski definition) is 2. The summed E-state index contributed by atoms with van der Waals surface area (Å²) in [5.74, 6) is 0.267. The lowest BCUT2D eigenvalue weighted by Gasteiger charge is -2.09. The van der Waals surface area contributed by atoms with E-state index in [4.69, 9.17) is 15.2 Å². The van der Waals surface area contributed by atoms with Crippen LogP contribution in [-0.2, 0) is 4.74 Å². The van der Waals surface area contributed by atoms with Crippen LogP contribution < -0.4 is 15.8 Å². The van der Waals surface area contributed by atoms with Gasteiger partial charge in [0.15, 0.2) is 0 Å². The highest BCUT2D eigenvalue weighted by Crippen LogP contribution is 2.21. The van der Waals surface area contributed by atoms with Gasteiger partial charge < -0.3 is 20.5 Å². The van der Waals surface area contributed by atoms with Crippen molar-refractivity contribution in [1.82, 2.24) is 5.32 Å². The van der Waals surface area contributed by atoms with Crippen LogP contribution in [0.1, 0.15) is 10.4 Å². The first-order valence-corrected chi connectivity index (χ1v) is 4.89. The summed E-state index contributed by atoms with van der Waals surface area (Å²) in [4.78, 5) is 11.7. The van der Waals surface area contributed by atoms with E-state index in [-0.39, 0.29) is 5.91 Å². The monoisotopic (exact) mass is 224 g/mol. The third kappa shape index (κ3) is 3.13. The van der Waals surface area contributed by atoms with Crippen molar-refractivity contribution in [2.45, 2.75) is 0 Å². The molecule has 0 unspecified atom stereocenters. The lowest BCUT2D eigenvalue weighted by Crippen LogP contribution is -2.27. The van der Waals surface area contributed by atoms with Crippen LogP contribution in [0.25, 0.3) is 0 Å². The highest BCUT2D eigenvalue weighted by Gasteiger charge is 2.11. The molecule has 0 fully saturated rings. The largest absolute Gasteiger partial charge is 0.496 e. The molecule has 0 aliphatic rings. The third-order valence-electron chi connectivity index (χ3n) is 2.06. The minimum absolute atomic E-state index is 0.200. The first-order chi connectivity index (χ1) is 7.69. The average Bonchev–Trinajstić information content (AvgIpc) is 2.29. The van der Waals surface area contributed by atoms with Crippen LogP contribution in [0.5, 0.6) is 5.75 Å². The van der Waals surface area contributed by atoms with Gasteiger partial charge in [0.25, 0.3) is 5.91 Å². The van der Waals surface area contributed by atoms with Crippen LogP contribution in [0.3, 0.4) is 0 Å². The molecule has 5 nitrogen and oxygen atoms in total. The van der Waals surface area contributed by atoms with E-state index in [1.54, 1.807) is 25.3 Å². The van der Waals surface area contributed by atoms with Crippen LogP contribution in [0.15, 0.2) is 18.2 Å². The van der Waals surface area contributed by atoms with Crippen LogP contribution in [0, 0.1) is 0 Å². The van der Waals surface area contributed by atoms with Gasteiger partial charge in [0.2, 0.25) is 0 Å². The van der Waals surface area contributed by atoms with E-state index in [1.165, 1.54) is 7.11 Å². The van der Waals surface area contributed by atoms with Gasteiger partial charge in [-0.15, -0.1) is 0 Å². The topological polar surface area (TPSA) is 73.6 Å². The summed E-state index contributed by atoms with van der Waals surface area (Å²) < 4.78 is 9.92. The number of carbonyl (C=O) groups excluding carboxylic acids is 1. The Hall–Kier alpha value is -1.75. The molecule has 0 saturated heterocycles. The van der Waals surface area contributed by atoms with Gasteiger partial charge in [0.05, 0.1) is 19.3 Å². The predicted octanol–water partition coefficient (Wildman–Crippen LogP) is 0.654. The van der Waals surface area contributed by atoms with Crippen molar-refractivity contribution in [2.75, 3.05) is 33.1 Å². The van der Waals surface area contributed by atoms with Gasteiger partial charge in [0, 0.05) is 25.4 Å². The summed E-state index contributed by atoms with van der Waals surface area (Å²) in [5, 5.41) is 2.71. The molecule has 0 aliphatic carbocycles. The molecule has 16 heavy (non-hydrogen) atoms. The van der Waals surface area contributed by atoms with Crippen molar-refractivity contribution in [3.63, 3.8) is 0 Å². The SMILES string of the molecule is COCCNC(=O)c1ccc(N)cc1OC. The molecule has 1 amide bonds. The average molecular weight is 224 g/mol. The molecule has 5 heteroatoms. The van der Waals surface area contributed by atoms with Crippen molar-refractivity contribution >= 4 is 11.6 Å². The summed E-state index contributed by atoms with van der Waals surface area (Å²) in [6.07, 6.45) is 0. The number of ether oxygens (including phenoxy) is 2. The second-order valence-corrected chi connectivity index (χ2v) is 3.21. The highest BCUT2D eigenvalue weighted by atomic mass is 16.5.